The van der Waals surface area contributed by atoms with Crippen molar-refractivity contribution in [3.8, 4) is 0 Å². The average molecular weight is 256 g/mol. The van der Waals surface area contributed by atoms with Gasteiger partial charge in [0.05, 0.1) is 14.5 Å². The summed E-state index contributed by atoms with van der Waals surface area (Å²) >= 11 is 0. The van der Waals surface area contributed by atoms with Crippen LogP contribution in [0.1, 0.15) is 32.6 Å². The molecule has 0 bridgehead atoms. The van der Waals surface area contributed by atoms with Crippen molar-refractivity contribution in [2.45, 2.75) is 44.5 Å². The summed E-state index contributed by atoms with van der Waals surface area (Å²) in [5.41, 5.74) is 4.77. The lowest BCUT2D eigenvalue weighted by molar-refractivity contribution is -0.144. The number of aliphatic hydroxyl groups excluding tert-OH is 1. The van der Waals surface area contributed by atoms with Crippen LogP contribution in [-0.4, -0.2) is 60.7 Å². The second kappa shape index (κ2) is 9.36. The molecule has 0 saturated heterocycles. The van der Waals surface area contributed by atoms with E-state index < -0.39 is 11.5 Å². The first-order valence-corrected chi connectivity index (χ1v) is 6.55. The molecule has 0 aromatic rings. The minimum atomic E-state index is -1.18. The molecule has 1 atom stereocenters. The number of carboxylic acids is 1. The molecule has 0 aromatic heterocycles. The molecule has 0 spiro atoms. The molecule has 0 aromatic carbocycles. The van der Waals surface area contributed by atoms with Crippen LogP contribution in [-0.2, 0) is 4.79 Å². The van der Waals surface area contributed by atoms with Gasteiger partial charge in [0.15, 0.2) is 0 Å². The topological polar surface area (TPSA) is 86.8 Å². The Kier molecular flexibility index (Phi) is 9.05. The van der Waals surface area contributed by atoms with Crippen molar-refractivity contribution in [3.05, 3.63) is 0 Å². The molecule has 0 unspecified atom stereocenters. The number of nitrogens with zero attached hydrogens (tertiary/aromatic N) is 1. The van der Waals surface area contributed by atoms with Gasteiger partial charge < -0.3 is 20.8 Å². The van der Waals surface area contributed by atoms with Gasteiger partial charge in [-0.25, -0.2) is 0 Å². The number of aliphatic hydroxyl groups is 1. The van der Waals surface area contributed by atoms with E-state index in [2.05, 4.69) is 0 Å². The Balaban J connectivity index is 4.28. The summed E-state index contributed by atoms with van der Waals surface area (Å²) in [4.78, 5) is 13.2. The summed E-state index contributed by atoms with van der Waals surface area (Å²) in [5, 5.41) is 18.1. The van der Waals surface area contributed by atoms with Crippen molar-refractivity contribution in [1.82, 2.24) is 4.90 Å². The van der Waals surface area contributed by atoms with E-state index in [1.165, 1.54) is 0 Å². The molecule has 0 heterocycles. The molecule has 18 heavy (non-hydrogen) atoms. The maximum atomic E-state index is 11.3. The Labute approximate surface area is 111 Å². The summed E-state index contributed by atoms with van der Waals surface area (Å²) in [6, 6.07) is 0. The van der Waals surface area contributed by atoms with Crippen molar-refractivity contribution in [3.63, 3.8) is 0 Å². The fourth-order valence-corrected chi connectivity index (χ4v) is 1.85. The molecule has 0 saturated carbocycles. The first-order valence-electron chi connectivity index (χ1n) is 6.55. The zero-order chi connectivity index (χ0) is 14.0. The van der Waals surface area contributed by atoms with Crippen molar-refractivity contribution in [2.75, 3.05) is 26.2 Å². The number of hydrogen-bond donors (Lipinski definition) is 3. The van der Waals surface area contributed by atoms with Crippen molar-refractivity contribution in [1.29, 1.82) is 0 Å². The van der Waals surface area contributed by atoms with Gasteiger partial charge in [-0.2, -0.15) is 0 Å². The van der Waals surface area contributed by atoms with Crippen LogP contribution in [0.3, 0.4) is 0 Å². The number of rotatable bonds is 11. The number of aliphatic carboxylic acids is 1. The maximum Gasteiger partial charge on any atom is 0.323 e. The first kappa shape index (κ1) is 17.4. The van der Waals surface area contributed by atoms with Gasteiger partial charge in [-0.3, -0.25) is 4.79 Å². The molecule has 5 nitrogen and oxygen atoms in total. The molecule has 4 N–H and O–H groups in total. The highest BCUT2D eigenvalue weighted by Gasteiger charge is 2.33. The first-order chi connectivity index (χ1) is 8.50. The smallest absolute Gasteiger partial charge is 0.323 e. The third kappa shape index (κ3) is 6.38. The number of unbranched alkanes of at least 4 members (excludes halogenated alkanes) is 1. The van der Waals surface area contributed by atoms with Gasteiger partial charge in [-0.05, 0) is 19.4 Å². The van der Waals surface area contributed by atoms with Crippen LogP contribution >= 0.6 is 0 Å². The van der Waals surface area contributed by atoms with Crippen LogP contribution in [0.15, 0.2) is 0 Å². The van der Waals surface area contributed by atoms with Crippen molar-refractivity contribution in [2.24, 2.45) is 5.73 Å². The van der Waals surface area contributed by atoms with E-state index in [0.717, 1.165) is 19.4 Å². The molecule has 0 aliphatic heterocycles. The van der Waals surface area contributed by atoms with Crippen LogP contribution in [0.4, 0.5) is 0 Å². The molecule has 0 rings (SSSR count). The van der Waals surface area contributed by atoms with E-state index in [9.17, 15) is 9.90 Å². The number of carbonyl (C=O) groups is 1. The fourth-order valence-electron chi connectivity index (χ4n) is 1.85. The Morgan fingerprint density at radius 1 is 1.33 bits per heavy atom. The minimum absolute atomic E-state index is 0.0751. The molecule has 2 radical (unpaired) electrons. The summed E-state index contributed by atoms with van der Waals surface area (Å²) in [5.74, 6) is -0.959. The van der Waals surface area contributed by atoms with Crippen molar-refractivity contribution < 1.29 is 15.0 Å². The predicted octanol–water partition coefficient (Wildman–Crippen LogP) is 0.230. The molecule has 0 fully saturated rings. The largest absolute Gasteiger partial charge is 0.480 e. The second-order valence-electron chi connectivity index (χ2n) is 4.61. The van der Waals surface area contributed by atoms with Gasteiger partial charge >= 0.3 is 5.97 Å². The molecular formula is C12H25BN2O3. The van der Waals surface area contributed by atoms with E-state index in [1.807, 2.05) is 11.8 Å². The van der Waals surface area contributed by atoms with Crippen LogP contribution in [0, 0.1) is 0 Å². The van der Waals surface area contributed by atoms with Gasteiger partial charge in [-0.1, -0.05) is 26.1 Å². The Bertz CT molecular complexity index is 241. The molecule has 0 aliphatic carbocycles. The summed E-state index contributed by atoms with van der Waals surface area (Å²) < 4.78 is 0. The predicted molar refractivity (Wildman–Crippen MR) is 72.8 cm³/mol. The average Bonchev–Trinajstić information content (AvgIpc) is 2.34. The number of nitrogens with two attached hydrogens (primary N) is 1. The quantitative estimate of drug-likeness (QED) is 0.364. The number of hydrogen-bond acceptors (Lipinski definition) is 4. The minimum Gasteiger partial charge on any atom is -0.480 e. The standard InChI is InChI=1S/C12H25BN2O3/c1-2-15(9-10-16)8-6-12(14,11(17)18)5-3-4-7-13/h16H,2-10,14H2,1H3,(H,17,18)/t12-/m1/s1. The summed E-state index contributed by atoms with van der Waals surface area (Å²) in [6.07, 6.45) is 2.91. The Morgan fingerprint density at radius 3 is 2.44 bits per heavy atom. The van der Waals surface area contributed by atoms with Crippen LogP contribution in [0.25, 0.3) is 0 Å². The van der Waals surface area contributed by atoms with E-state index in [0.29, 0.717) is 32.3 Å². The lowest BCUT2D eigenvalue weighted by Crippen LogP contribution is -2.50. The van der Waals surface area contributed by atoms with E-state index in [1.54, 1.807) is 0 Å². The summed E-state index contributed by atoms with van der Waals surface area (Å²) in [6.45, 7) is 3.96. The monoisotopic (exact) mass is 256 g/mol. The second-order valence-corrected chi connectivity index (χ2v) is 4.61. The lowest BCUT2D eigenvalue weighted by Gasteiger charge is -2.28. The van der Waals surface area contributed by atoms with Gasteiger partial charge in [0, 0.05) is 13.1 Å². The number of likely N-dealkylation sites (N-methyl/N-ethyl adjacent to an activating group) is 1. The third-order valence-corrected chi connectivity index (χ3v) is 3.24. The van der Waals surface area contributed by atoms with E-state index >= 15 is 0 Å². The Morgan fingerprint density at radius 2 is 2.00 bits per heavy atom. The molecular weight excluding hydrogens is 231 g/mol. The van der Waals surface area contributed by atoms with Crippen LogP contribution in [0.2, 0.25) is 6.32 Å². The van der Waals surface area contributed by atoms with Gasteiger partial charge in [0.2, 0.25) is 0 Å². The van der Waals surface area contributed by atoms with Gasteiger partial charge in [0.1, 0.15) is 5.54 Å². The Hall–Kier alpha value is -0.585. The fraction of sp³-hybridized carbons (Fsp3) is 0.917. The molecule has 104 valence electrons. The third-order valence-electron chi connectivity index (χ3n) is 3.24. The van der Waals surface area contributed by atoms with Crippen molar-refractivity contribution >= 4 is 13.8 Å². The summed E-state index contributed by atoms with van der Waals surface area (Å²) in [7, 11) is 5.39. The zero-order valence-corrected chi connectivity index (χ0v) is 11.3. The maximum absolute atomic E-state index is 11.3. The zero-order valence-electron chi connectivity index (χ0n) is 11.3. The van der Waals surface area contributed by atoms with Gasteiger partial charge in [0.25, 0.3) is 0 Å². The molecule has 0 aliphatic rings. The van der Waals surface area contributed by atoms with Crippen LogP contribution in [0.5, 0.6) is 0 Å². The lowest BCUT2D eigenvalue weighted by atomic mass is 9.88. The number of carboxylic acid groups (broad SMARTS) is 1. The van der Waals surface area contributed by atoms with E-state index in [-0.39, 0.29) is 6.61 Å². The normalized spacial score (nSPS) is 14.7. The molecule has 6 heteroatoms. The van der Waals surface area contributed by atoms with E-state index in [4.69, 9.17) is 18.7 Å². The van der Waals surface area contributed by atoms with Crippen LogP contribution < -0.4 is 5.73 Å². The highest BCUT2D eigenvalue weighted by molar-refractivity contribution is 6.08. The highest BCUT2D eigenvalue weighted by atomic mass is 16.4. The SMILES string of the molecule is [B]CCCC[C@@](N)(CCN(CC)CCO)C(=O)O. The highest BCUT2D eigenvalue weighted by Crippen LogP contribution is 2.17. The van der Waals surface area contributed by atoms with Gasteiger partial charge in [-0.15, -0.1) is 0 Å². The molecule has 0 amide bonds.